The fourth-order valence-corrected chi connectivity index (χ4v) is 5.77. The van der Waals surface area contributed by atoms with Gasteiger partial charge in [-0.1, -0.05) is 24.3 Å². The minimum atomic E-state index is -0.638. The maximum atomic E-state index is 11.7. The van der Waals surface area contributed by atoms with Gasteiger partial charge in [0.05, 0.1) is 11.1 Å². The number of fused-ring (bicyclic) bond motifs is 1. The van der Waals surface area contributed by atoms with Crippen LogP contribution in [0.4, 0.5) is 0 Å². The predicted molar refractivity (Wildman–Crippen MR) is 82.7 cm³/mol. The fourth-order valence-electron chi connectivity index (χ4n) is 5.77. The van der Waals surface area contributed by atoms with Gasteiger partial charge in [-0.3, -0.25) is 4.98 Å². The van der Waals surface area contributed by atoms with E-state index in [4.69, 9.17) is 0 Å². The molecule has 4 fully saturated rings. The molecule has 0 amide bonds. The highest BCUT2D eigenvalue weighted by molar-refractivity contribution is 5.82. The van der Waals surface area contributed by atoms with Crippen LogP contribution in [0.25, 0.3) is 10.9 Å². The Bertz CT molecular complexity index is 674. The van der Waals surface area contributed by atoms with Crippen LogP contribution in [0.3, 0.4) is 0 Å². The van der Waals surface area contributed by atoms with Crippen molar-refractivity contribution in [2.45, 2.75) is 37.7 Å². The molecule has 4 aliphatic carbocycles. The van der Waals surface area contributed by atoms with E-state index in [0.29, 0.717) is 11.8 Å². The minimum absolute atomic E-state index is 0.446. The van der Waals surface area contributed by atoms with Gasteiger partial charge in [-0.05, 0) is 61.8 Å². The van der Waals surface area contributed by atoms with Gasteiger partial charge in [-0.25, -0.2) is 0 Å². The Morgan fingerprint density at radius 1 is 0.905 bits per heavy atom. The van der Waals surface area contributed by atoms with E-state index in [1.807, 2.05) is 12.3 Å². The van der Waals surface area contributed by atoms with E-state index in [1.54, 1.807) is 0 Å². The Hall–Kier alpha value is -1.41. The lowest BCUT2D eigenvalue weighted by molar-refractivity contribution is -0.178. The van der Waals surface area contributed by atoms with Gasteiger partial charge in [0.25, 0.3) is 0 Å². The quantitative estimate of drug-likeness (QED) is 0.859. The molecule has 0 saturated heterocycles. The molecule has 108 valence electrons. The van der Waals surface area contributed by atoms with E-state index in [1.165, 1.54) is 32.1 Å². The van der Waals surface area contributed by atoms with Crippen LogP contribution in [0.15, 0.2) is 36.5 Å². The molecule has 4 saturated carbocycles. The fraction of sp³-hybridized carbons (Fsp3) is 0.526. The third-order valence-electron chi connectivity index (χ3n) is 6.45. The van der Waals surface area contributed by atoms with E-state index >= 15 is 0 Å². The van der Waals surface area contributed by atoms with Crippen molar-refractivity contribution in [1.82, 2.24) is 4.98 Å². The first-order chi connectivity index (χ1) is 10.2. The highest BCUT2D eigenvalue weighted by atomic mass is 16.3. The second-order valence-electron chi connectivity index (χ2n) is 7.51. The first-order valence-electron chi connectivity index (χ1n) is 8.31. The predicted octanol–water partition coefficient (Wildman–Crippen LogP) is 3.88. The highest BCUT2D eigenvalue weighted by Gasteiger charge is 2.57. The molecule has 0 unspecified atom stereocenters. The number of pyridine rings is 1. The van der Waals surface area contributed by atoms with E-state index < -0.39 is 5.60 Å². The molecule has 0 radical (unpaired) electrons. The number of nitrogens with zero attached hydrogens (tertiary/aromatic N) is 1. The van der Waals surface area contributed by atoms with Crippen molar-refractivity contribution in [2.24, 2.45) is 23.7 Å². The van der Waals surface area contributed by atoms with Crippen LogP contribution in [-0.2, 0) is 5.60 Å². The van der Waals surface area contributed by atoms with Gasteiger partial charge in [-0.2, -0.15) is 0 Å². The molecule has 1 heterocycles. The lowest BCUT2D eigenvalue weighted by Gasteiger charge is -2.59. The summed E-state index contributed by atoms with van der Waals surface area (Å²) in [5, 5.41) is 12.9. The van der Waals surface area contributed by atoms with Crippen molar-refractivity contribution < 1.29 is 5.11 Å². The summed E-state index contributed by atoms with van der Waals surface area (Å²) in [6.07, 6.45) is 8.13. The molecular formula is C19H21NO. The van der Waals surface area contributed by atoms with E-state index in [0.717, 1.165) is 28.3 Å². The SMILES string of the molecule is OC1(c2cccc3cccnc23)C2CC3CC(C2)CC1C3. The second-order valence-corrected chi connectivity index (χ2v) is 7.51. The third kappa shape index (κ3) is 1.54. The summed E-state index contributed by atoms with van der Waals surface area (Å²) in [5.74, 6) is 2.63. The maximum absolute atomic E-state index is 11.7. The monoisotopic (exact) mass is 279 g/mol. The summed E-state index contributed by atoms with van der Waals surface area (Å²) < 4.78 is 0. The van der Waals surface area contributed by atoms with Crippen LogP contribution < -0.4 is 0 Å². The molecule has 2 aromatic rings. The summed E-state index contributed by atoms with van der Waals surface area (Å²) >= 11 is 0. The van der Waals surface area contributed by atoms with Gasteiger partial charge >= 0.3 is 0 Å². The van der Waals surface area contributed by atoms with Crippen molar-refractivity contribution in [3.63, 3.8) is 0 Å². The molecule has 2 nitrogen and oxygen atoms in total. The van der Waals surface area contributed by atoms with Crippen molar-refractivity contribution in [2.75, 3.05) is 0 Å². The summed E-state index contributed by atoms with van der Waals surface area (Å²) in [5.41, 5.74) is 1.46. The number of benzene rings is 1. The van der Waals surface area contributed by atoms with Gasteiger partial charge < -0.3 is 5.11 Å². The molecule has 0 atom stereocenters. The molecule has 0 spiro atoms. The first-order valence-corrected chi connectivity index (χ1v) is 8.31. The molecule has 1 aromatic heterocycles. The summed E-state index contributed by atoms with van der Waals surface area (Å²) in [7, 11) is 0. The summed E-state index contributed by atoms with van der Waals surface area (Å²) in [4.78, 5) is 4.60. The van der Waals surface area contributed by atoms with Crippen LogP contribution in [0.2, 0.25) is 0 Å². The normalized spacial score (nSPS) is 40.8. The molecule has 0 aliphatic heterocycles. The Kier molecular flexibility index (Phi) is 2.36. The van der Waals surface area contributed by atoms with E-state index in [2.05, 4.69) is 29.2 Å². The first kappa shape index (κ1) is 12.2. The largest absolute Gasteiger partial charge is 0.385 e. The van der Waals surface area contributed by atoms with Crippen LogP contribution in [0.5, 0.6) is 0 Å². The van der Waals surface area contributed by atoms with E-state index in [-0.39, 0.29) is 0 Å². The van der Waals surface area contributed by atoms with E-state index in [9.17, 15) is 5.11 Å². The molecule has 4 aliphatic rings. The average molecular weight is 279 g/mol. The zero-order valence-electron chi connectivity index (χ0n) is 12.2. The van der Waals surface area contributed by atoms with Crippen molar-refractivity contribution in [1.29, 1.82) is 0 Å². The molecular weight excluding hydrogens is 258 g/mol. The van der Waals surface area contributed by atoms with Crippen molar-refractivity contribution in [3.8, 4) is 0 Å². The standard InChI is InChI=1S/C19H21NO/c21-19(15-8-12-7-13(10-15)11-16(19)9-12)17-5-1-3-14-4-2-6-20-18(14)17/h1-6,12-13,15-16,21H,7-11H2. The lowest BCUT2D eigenvalue weighted by atomic mass is 9.48. The van der Waals surface area contributed by atoms with Gasteiger partial charge in [0, 0.05) is 17.1 Å². The Balaban J connectivity index is 1.71. The number of hydrogen-bond acceptors (Lipinski definition) is 2. The molecule has 1 N–H and O–H groups in total. The maximum Gasteiger partial charge on any atom is 0.0973 e. The smallest absolute Gasteiger partial charge is 0.0973 e. The Labute approximate surface area is 125 Å². The zero-order chi connectivity index (χ0) is 14.0. The summed E-state index contributed by atoms with van der Waals surface area (Å²) in [6.45, 7) is 0. The average Bonchev–Trinajstić information content (AvgIpc) is 2.51. The molecule has 1 aromatic carbocycles. The zero-order valence-corrected chi connectivity index (χ0v) is 12.2. The van der Waals surface area contributed by atoms with Crippen LogP contribution >= 0.6 is 0 Å². The van der Waals surface area contributed by atoms with Crippen LogP contribution in [0.1, 0.15) is 37.7 Å². The topological polar surface area (TPSA) is 33.1 Å². The number of hydrogen-bond donors (Lipinski definition) is 1. The van der Waals surface area contributed by atoms with Crippen molar-refractivity contribution >= 4 is 10.9 Å². The van der Waals surface area contributed by atoms with Gasteiger partial charge in [0.2, 0.25) is 0 Å². The lowest BCUT2D eigenvalue weighted by Crippen LogP contribution is -2.55. The molecule has 6 rings (SSSR count). The van der Waals surface area contributed by atoms with Crippen LogP contribution in [-0.4, -0.2) is 10.1 Å². The Morgan fingerprint density at radius 3 is 2.29 bits per heavy atom. The van der Waals surface area contributed by atoms with Crippen LogP contribution in [0, 0.1) is 23.7 Å². The van der Waals surface area contributed by atoms with Gasteiger partial charge in [0.15, 0.2) is 0 Å². The molecule has 21 heavy (non-hydrogen) atoms. The highest BCUT2D eigenvalue weighted by Crippen LogP contribution is 2.62. The number of aromatic nitrogens is 1. The third-order valence-corrected chi connectivity index (χ3v) is 6.45. The van der Waals surface area contributed by atoms with Crippen molar-refractivity contribution in [3.05, 3.63) is 42.1 Å². The second kappa shape index (κ2) is 4.07. The van der Waals surface area contributed by atoms with Gasteiger partial charge in [-0.15, -0.1) is 0 Å². The molecule has 4 bridgehead atoms. The summed E-state index contributed by atoms with van der Waals surface area (Å²) in [6, 6.07) is 10.4. The molecule has 2 heteroatoms. The minimum Gasteiger partial charge on any atom is -0.385 e. The number of rotatable bonds is 1. The Morgan fingerprint density at radius 2 is 1.57 bits per heavy atom. The van der Waals surface area contributed by atoms with Gasteiger partial charge in [0.1, 0.15) is 0 Å². The number of aliphatic hydroxyl groups is 1. The number of para-hydroxylation sites is 1.